The number of nitrogens with zero attached hydrogens (tertiary/aromatic N) is 1. The molecule has 0 fully saturated rings. The number of rotatable bonds is 4. The minimum absolute atomic E-state index is 0.130. The molecule has 2 aromatic carbocycles. The molecule has 0 amide bonds. The molecule has 2 aromatic rings. The Morgan fingerprint density at radius 1 is 1.19 bits per heavy atom. The van der Waals surface area contributed by atoms with Gasteiger partial charge in [0.15, 0.2) is 0 Å². The normalized spacial score (nSPS) is 12.0. The van der Waals surface area contributed by atoms with Crippen molar-refractivity contribution >= 4 is 23.0 Å². The minimum atomic E-state index is -0.673. The van der Waals surface area contributed by atoms with Crippen molar-refractivity contribution in [1.29, 1.82) is 0 Å². The van der Waals surface area contributed by atoms with Crippen LogP contribution in [0.3, 0.4) is 0 Å². The maximum atomic E-state index is 13.2. The van der Waals surface area contributed by atoms with Crippen LogP contribution in [0.5, 0.6) is 0 Å². The van der Waals surface area contributed by atoms with Crippen molar-refractivity contribution in [2.24, 2.45) is 0 Å². The summed E-state index contributed by atoms with van der Waals surface area (Å²) in [6, 6.07) is 6.74. The molecule has 7 heteroatoms. The zero-order valence-electron chi connectivity index (χ0n) is 10.9. The number of non-ortho nitro benzene ring substituents is 1. The molecular formula is C14H11ClF2N2O2. The van der Waals surface area contributed by atoms with Crippen LogP contribution in [0, 0.1) is 21.7 Å². The Morgan fingerprint density at radius 3 is 2.33 bits per heavy atom. The summed E-state index contributed by atoms with van der Waals surface area (Å²) in [4.78, 5) is 10.1. The summed E-state index contributed by atoms with van der Waals surface area (Å²) in [5.41, 5.74) is 0.719. The lowest BCUT2D eigenvalue weighted by molar-refractivity contribution is -0.384. The van der Waals surface area contributed by atoms with Crippen LogP contribution in [0.25, 0.3) is 0 Å². The minimum Gasteiger partial charge on any atom is -0.377 e. The molecule has 0 radical (unpaired) electrons. The topological polar surface area (TPSA) is 55.2 Å². The summed E-state index contributed by atoms with van der Waals surface area (Å²) in [5, 5.41) is 13.7. The maximum Gasteiger partial charge on any atom is 0.271 e. The van der Waals surface area contributed by atoms with Gasteiger partial charge in [0.1, 0.15) is 11.6 Å². The second-order valence-electron chi connectivity index (χ2n) is 4.49. The van der Waals surface area contributed by atoms with Crippen LogP contribution >= 0.6 is 11.6 Å². The number of nitrogens with one attached hydrogen (secondary N) is 1. The Morgan fingerprint density at radius 2 is 1.81 bits per heavy atom. The molecular weight excluding hydrogens is 302 g/mol. The highest BCUT2D eigenvalue weighted by Gasteiger charge is 2.13. The molecule has 0 heterocycles. The Bertz CT molecular complexity index is 674. The van der Waals surface area contributed by atoms with Gasteiger partial charge in [-0.3, -0.25) is 10.1 Å². The third-order valence-corrected chi connectivity index (χ3v) is 3.23. The smallest absolute Gasteiger partial charge is 0.271 e. The zero-order valence-corrected chi connectivity index (χ0v) is 11.7. The molecule has 0 bridgehead atoms. The molecule has 0 aliphatic carbocycles. The van der Waals surface area contributed by atoms with Crippen molar-refractivity contribution in [1.82, 2.24) is 0 Å². The summed E-state index contributed by atoms with van der Waals surface area (Å²) in [6.45, 7) is 1.70. The van der Waals surface area contributed by atoms with Crippen LogP contribution in [0.1, 0.15) is 18.5 Å². The van der Waals surface area contributed by atoms with Gasteiger partial charge in [0, 0.05) is 24.2 Å². The standard InChI is InChI=1S/C14H11ClF2N2O2/c1-8(9-4-10(16)6-11(17)5-9)18-14-3-2-12(19(20)21)7-13(14)15/h2-8,18H,1H3. The molecule has 2 rings (SSSR count). The van der Waals surface area contributed by atoms with Crippen LogP contribution in [0.2, 0.25) is 5.02 Å². The largest absolute Gasteiger partial charge is 0.377 e. The molecule has 1 N–H and O–H groups in total. The Kier molecular flexibility index (Phi) is 4.37. The summed E-state index contributed by atoms with van der Waals surface area (Å²) in [6.07, 6.45) is 0. The predicted molar refractivity (Wildman–Crippen MR) is 76.5 cm³/mol. The first-order valence-electron chi connectivity index (χ1n) is 6.03. The third kappa shape index (κ3) is 3.66. The molecule has 4 nitrogen and oxygen atoms in total. The molecule has 0 aromatic heterocycles. The van der Waals surface area contributed by atoms with E-state index in [-0.39, 0.29) is 10.7 Å². The van der Waals surface area contributed by atoms with E-state index in [2.05, 4.69) is 5.32 Å². The lowest BCUT2D eigenvalue weighted by Crippen LogP contribution is -2.08. The van der Waals surface area contributed by atoms with E-state index in [9.17, 15) is 18.9 Å². The van der Waals surface area contributed by atoms with Gasteiger partial charge in [-0.15, -0.1) is 0 Å². The molecule has 21 heavy (non-hydrogen) atoms. The molecule has 1 atom stereocenters. The van der Waals surface area contributed by atoms with Crippen molar-refractivity contribution in [3.8, 4) is 0 Å². The third-order valence-electron chi connectivity index (χ3n) is 2.92. The summed E-state index contributed by atoms with van der Waals surface area (Å²) in [5.74, 6) is -1.35. The van der Waals surface area contributed by atoms with Crippen LogP contribution in [-0.2, 0) is 0 Å². The van der Waals surface area contributed by atoms with E-state index >= 15 is 0 Å². The molecule has 0 saturated heterocycles. The average Bonchev–Trinajstić information content (AvgIpc) is 2.39. The van der Waals surface area contributed by atoms with Gasteiger partial charge in [-0.25, -0.2) is 8.78 Å². The number of hydrogen-bond donors (Lipinski definition) is 1. The monoisotopic (exact) mass is 312 g/mol. The Hall–Kier alpha value is -2.21. The molecule has 0 spiro atoms. The Balaban J connectivity index is 2.23. The van der Waals surface area contributed by atoms with Crippen molar-refractivity contribution in [3.63, 3.8) is 0 Å². The molecule has 110 valence electrons. The van der Waals surface area contributed by atoms with Gasteiger partial charge in [-0.05, 0) is 30.7 Å². The van der Waals surface area contributed by atoms with Crippen molar-refractivity contribution < 1.29 is 13.7 Å². The second-order valence-corrected chi connectivity index (χ2v) is 4.90. The van der Waals surface area contributed by atoms with Gasteiger partial charge in [0.25, 0.3) is 5.69 Å². The summed E-state index contributed by atoms with van der Waals surface area (Å²) >= 11 is 5.95. The van der Waals surface area contributed by atoms with Crippen molar-refractivity contribution in [3.05, 3.63) is 68.7 Å². The fourth-order valence-corrected chi connectivity index (χ4v) is 2.11. The van der Waals surface area contributed by atoms with Gasteiger partial charge in [-0.1, -0.05) is 11.6 Å². The van der Waals surface area contributed by atoms with E-state index in [1.807, 2.05) is 0 Å². The maximum absolute atomic E-state index is 13.2. The van der Waals surface area contributed by atoms with Crippen molar-refractivity contribution in [2.45, 2.75) is 13.0 Å². The number of nitro groups is 1. The first-order valence-corrected chi connectivity index (χ1v) is 6.41. The first kappa shape index (κ1) is 15.2. The van der Waals surface area contributed by atoms with E-state index in [0.29, 0.717) is 11.3 Å². The predicted octanol–water partition coefficient (Wildman–Crippen LogP) is 4.70. The first-order chi connectivity index (χ1) is 9.86. The lowest BCUT2D eigenvalue weighted by Gasteiger charge is -2.17. The lowest BCUT2D eigenvalue weighted by atomic mass is 10.1. The van der Waals surface area contributed by atoms with E-state index in [1.165, 1.54) is 30.3 Å². The number of halogens is 3. The highest BCUT2D eigenvalue weighted by Crippen LogP contribution is 2.30. The Labute approximate surface area is 124 Å². The van der Waals surface area contributed by atoms with E-state index < -0.39 is 22.6 Å². The van der Waals surface area contributed by atoms with E-state index in [0.717, 1.165) is 6.07 Å². The number of hydrogen-bond acceptors (Lipinski definition) is 3. The van der Waals surface area contributed by atoms with E-state index in [1.54, 1.807) is 6.92 Å². The SMILES string of the molecule is CC(Nc1ccc([N+](=O)[O-])cc1Cl)c1cc(F)cc(F)c1. The second kappa shape index (κ2) is 6.05. The zero-order chi connectivity index (χ0) is 15.6. The number of nitro benzene ring substituents is 1. The van der Waals surface area contributed by atoms with Crippen LogP contribution in [0.4, 0.5) is 20.2 Å². The highest BCUT2D eigenvalue weighted by atomic mass is 35.5. The molecule has 0 aliphatic rings. The summed E-state index contributed by atoms with van der Waals surface area (Å²) < 4.78 is 26.4. The van der Waals surface area contributed by atoms with Gasteiger partial charge in [0.2, 0.25) is 0 Å². The molecule has 0 aliphatic heterocycles. The van der Waals surface area contributed by atoms with Crippen LogP contribution in [-0.4, -0.2) is 4.92 Å². The molecule has 1 unspecified atom stereocenters. The van der Waals surface area contributed by atoms with Gasteiger partial charge in [0.05, 0.1) is 15.6 Å². The quantitative estimate of drug-likeness (QED) is 0.657. The van der Waals surface area contributed by atoms with Gasteiger partial charge in [-0.2, -0.15) is 0 Å². The van der Waals surface area contributed by atoms with Crippen LogP contribution < -0.4 is 5.32 Å². The van der Waals surface area contributed by atoms with Gasteiger partial charge < -0.3 is 5.32 Å². The average molecular weight is 313 g/mol. The number of benzene rings is 2. The molecule has 0 saturated carbocycles. The van der Waals surface area contributed by atoms with Crippen molar-refractivity contribution in [2.75, 3.05) is 5.32 Å². The fourth-order valence-electron chi connectivity index (χ4n) is 1.88. The van der Waals surface area contributed by atoms with E-state index in [4.69, 9.17) is 11.6 Å². The summed E-state index contributed by atoms with van der Waals surface area (Å²) in [7, 11) is 0. The fraction of sp³-hybridized carbons (Fsp3) is 0.143. The highest BCUT2D eigenvalue weighted by molar-refractivity contribution is 6.33. The van der Waals surface area contributed by atoms with Gasteiger partial charge >= 0.3 is 0 Å². The number of anilines is 1. The van der Waals surface area contributed by atoms with Crippen LogP contribution in [0.15, 0.2) is 36.4 Å².